The topological polar surface area (TPSA) is 34.1 Å². The second-order valence-electron chi connectivity index (χ2n) is 5.30. The number of allylic oxidation sites excluding steroid dienone is 4. The molecule has 0 aromatic rings. The first-order valence-corrected chi connectivity index (χ1v) is 6.38. The molecule has 0 spiro atoms. The maximum Gasteiger partial charge on any atom is 0.161 e. The van der Waals surface area contributed by atoms with Gasteiger partial charge in [0.15, 0.2) is 5.78 Å². The fourth-order valence-corrected chi connectivity index (χ4v) is 1.86. The summed E-state index contributed by atoms with van der Waals surface area (Å²) < 4.78 is 0. The molecule has 2 heteroatoms. The van der Waals surface area contributed by atoms with Gasteiger partial charge < -0.3 is 0 Å². The minimum Gasteiger partial charge on any atom is -0.299 e. The Balaban J connectivity index is 2.73. The summed E-state index contributed by atoms with van der Waals surface area (Å²) in [5, 5.41) is 0. The number of rotatable bonds is 5. The van der Waals surface area contributed by atoms with Crippen LogP contribution < -0.4 is 0 Å². The Labute approximate surface area is 104 Å². The normalized spacial score (nSPS) is 15.9. The van der Waals surface area contributed by atoms with Crippen molar-refractivity contribution >= 4 is 11.6 Å². The molecular weight excluding hydrogens is 212 g/mol. The van der Waals surface area contributed by atoms with E-state index in [-0.39, 0.29) is 23.4 Å². The van der Waals surface area contributed by atoms with Crippen molar-refractivity contribution in [2.75, 3.05) is 0 Å². The van der Waals surface area contributed by atoms with E-state index in [0.717, 1.165) is 24.0 Å². The molecule has 0 amide bonds. The van der Waals surface area contributed by atoms with Crippen LogP contribution in [0, 0.1) is 11.8 Å². The molecular formula is C15H22O2. The van der Waals surface area contributed by atoms with Crippen molar-refractivity contribution in [1.82, 2.24) is 0 Å². The Hall–Kier alpha value is -1.18. The standard InChI is InChI=1S/C15H22O2/c1-10(2)14(16)9-12-6-5-7-13(8-12)15(17)11(3)4/h6,8,10-11H,5,7,9H2,1-4H3. The van der Waals surface area contributed by atoms with E-state index in [2.05, 4.69) is 6.08 Å². The van der Waals surface area contributed by atoms with E-state index in [1.165, 1.54) is 0 Å². The molecule has 94 valence electrons. The molecule has 0 aromatic heterocycles. The minimum absolute atomic E-state index is 0.0430. The van der Waals surface area contributed by atoms with Crippen molar-refractivity contribution in [3.05, 3.63) is 23.3 Å². The molecule has 0 fully saturated rings. The Bertz CT molecular complexity index is 370. The number of Topliss-reactive ketones (excluding diaryl/α,β-unsaturated/α-hetero) is 2. The smallest absolute Gasteiger partial charge is 0.161 e. The van der Waals surface area contributed by atoms with E-state index in [0.29, 0.717) is 6.42 Å². The van der Waals surface area contributed by atoms with Gasteiger partial charge in [-0.2, -0.15) is 0 Å². The van der Waals surface area contributed by atoms with E-state index in [1.54, 1.807) is 0 Å². The lowest BCUT2D eigenvalue weighted by Crippen LogP contribution is -2.14. The molecule has 1 aliphatic carbocycles. The lowest BCUT2D eigenvalue weighted by molar-refractivity contribution is -0.121. The van der Waals surface area contributed by atoms with Crippen molar-refractivity contribution < 1.29 is 9.59 Å². The van der Waals surface area contributed by atoms with E-state index >= 15 is 0 Å². The largest absolute Gasteiger partial charge is 0.299 e. The van der Waals surface area contributed by atoms with Gasteiger partial charge in [-0.3, -0.25) is 9.59 Å². The van der Waals surface area contributed by atoms with E-state index in [4.69, 9.17) is 0 Å². The van der Waals surface area contributed by atoms with Crippen LogP contribution in [-0.4, -0.2) is 11.6 Å². The van der Waals surface area contributed by atoms with Crippen LogP contribution in [0.25, 0.3) is 0 Å². The summed E-state index contributed by atoms with van der Waals surface area (Å²) >= 11 is 0. The third-order valence-electron chi connectivity index (χ3n) is 3.04. The van der Waals surface area contributed by atoms with E-state index < -0.39 is 0 Å². The van der Waals surface area contributed by atoms with Gasteiger partial charge in [0, 0.05) is 18.3 Å². The highest BCUT2D eigenvalue weighted by atomic mass is 16.1. The summed E-state index contributed by atoms with van der Waals surface area (Å²) in [5.74, 6) is 0.565. The zero-order valence-corrected chi connectivity index (χ0v) is 11.2. The zero-order chi connectivity index (χ0) is 13.0. The fourth-order valence-electron chi connectivity index (χ4n) is 1.86. The molecule has 0 atom stereocenters. The first kappa shape index (κ1) is 13.9. The number of hydrogen-bond donors (Lipinski definition) is 0. The highest BCUT2D eigenvalue weighted by Gasteiger charge is 2.17. The van der Waals surface area contributed by atoms with Crippen LogP contribution in [0.1, 0.15) is 47.0 Å². The average molecular weight is 234 g/mol. The number of hydrogen-bond acceptors (Lipinski definition) is 2. The molecule has 0 heterocycles. The van der Waals surface area contributed by atoms with Crippen LogP contribution in [0.2, 0.25) is 0 Å². The minimum atomic E-state index is 0.0430. The Morgan fingerprint density at radius 3 is 2.35 bits per heavy atom. The van der Waals surface area contributed by atoms with Gasteiger partial charge in [-0.05, 0) is 24.0 Å². The number of carbonyl (C=O) groups excluding carboxylic acids is 2. The SMILES string of the molecule is CC(C)C(=O)CC1=CCCC(C(=O)C(C)C)=C1. The van der Waals surface area contributed by atoms with Crippen LogP contribution in [0.4, 0.5) is 0 Å². The highest BCUT2D eigenvalue weighted by molar-refractivity contribution is 5.97. The molecule has 0 unspecified atom stereocenters. The molecule has 1 rings (SSSR count). The summed E-state index contributed by atoms with van der Waals surface area (Å²) in [6.07, 6.45) is 6.16. The van der Waals surface area contributed by atoms with Crippen LogP contribution in [-0.2, 0) is 9.59 Å². The molecule has 2 nitrogen and oxygen atoms in total. The highest BCUT2D eigenvalue weighted by Crippen LogP contribution is 2.23. The molecule has 0 N–H and O–H groups in total. The predicted molar refractivity (Wildman–Crippen MR) is 69.7 cm³/mol. The van der Waals surface area contributed by atoms with Gasteiger partial charge in [0.05, 0.1) is 0 Å². The van der Waals surface area contributed by atoms with Gasteiger partial charge >= 0.3 is 0 Å². The molecule has 0 aromatic carbocycles. The van der Waals surface area contributed by atoms with Gasteiger partial charge in [0.1, 0.15) is 5.78 Å². The lowest BCUT2D eigenvalue weighted by atomic mass is 9.89. The average Bonchev–Trinajstić information content (AvgIpc) is 2.28. The van der Waals surface area contributed by atoms with Crippen LogP contribution in [0.5, 0.6) is 0 Å². The summed E-state index contributed by atoms with van der Waals surface area (Å²) in [6.45, 7) is 7.66. The van der Waals surface area contributed by atoms with Crippen molar-refractivity contribution in [1.29, 1.82) is 0 Å². The Morgan fingerprint density at radius 1 is 1.18 bits per heavy atom. The van der Waals surface area contributed by atoms with Crippen molar-refractivity contribution in [3.63, 3.8) is 0 Å². The lowest BCUT2D eigenvalue weighted by Gasteiger charge is -2.15. The van der Waals surface area contributed by atoms with Gasteiger partial charge in [-0.1, -0.05) is 39.8 Å². The third kappa shape index (κ3) is 3.95. The molecule has 1 aliphatic rings. The molecule has 17 heavy (non-hydrogen) atoms. The Morgan fingerprint density at radius 2 is 1.82 bits per heavy atom. The van der Waals surface area contributed by atoms with Crippen molar-refractivity contribution in [2.24, 2.45) is 11.8 Å². The van der Waals surface area contributed by atoms with Crippen LogP contribution in [0.3, 0.4) is 0 Å². The fraction of sp³-hybridized carbons (Fsp3) is 0.600. The van der Waals surface area contributed by atoms with Gasteiger partial charge in [0.2, 0.25) is 0 Å². The summed E-state index contributed by atoms with van der Waals surface area (Å²) in [7, 11) is 0. The van der Waals surface area contributed by atoms with Crippen molar-refractivity contribution in [3.8, 4) is 0 Å². The molecule has 0 radical (unpaired) electrons. The van der Waals surface area contributed by atoms with E-state index in [9.17, 15) is 9.59 Å². The number of carbonyl (C=O) groups is 2. The van der Waals surface area contributed by atoms with Crippen molar-refractivity contribution in [2.45, 2.75) is 47.0 Å². The van der Waals surface area contributed by atoms with Gasteiger partial charge in [-0.15, -0.1) is 0 Å². The van der Waals surface area contributed by atoms with Crippen LogP contribution >= 0.6 is 0 Å². The molecule has 0 aliphatic heterocycles. The summed E-state index contributed by atoms with van der Waals surface area (Å²) in [5.41, 5.74) is 1.90. The van der Waals surface area contributed by atoms with Crippen LogP contribution in [0.15, 0.2) is 23.3 Å². The maximum atomic E-state index is 11.9. The second-order valence-corrected chi connectivity index (χ2v) is 5.30. The second kappa shape index (κ2) is 5.95. The predicted octanol–water partition coefficient (Wildman–Crippen LogP) is 3.47. The summed E-state index contributed by atoms with van der Waals surface area (Å²) in [4.78, 5) is 23.5. The molecule has 0 bridgehead atoms. The van der Waals surface area contributed by atoms with Gasteiger partial charge in [-0.25, -0.2) is 0 Å². The summed E-state index contributed by atoms with van der Waals surface area (Å²) in [6, 6.07) is 0. The first-order valence-electron chi connectivity index (χ1n) is 6.38. The maximum absolute atomic E-state index is 11.9. The van der Waals surface area contributed by atoms with Gasteiger partial charge in [0.25, 0.3) is 0 Å². The van der Waals surface area contributed by atoms with E-state index in [1.807, 2.05) is 33.8 Å². The third-order valence-corrected chi connectivity index (χ3v) is 3.04. The number of ketones is 2. The molecule has 0 saturated carbocycles. The Kier molecular flexibility index (Phi) is 4.86. The first-order chi connectivity index (χ1) is 7.91. The quantitative estimate of drug-likeness (QED) is 0.730. The monoisotopic (exact) mass is 234 g/mol. The zero-order valence-electron chi connectivity index (χ0n) is 11.2. The molecule has 0 saturated heterocycles.